The number of amides is 1. The zero-order valence-electron chi connectivity index (χ0n) is 15.2. The number of carbonyl (C=O) groups excluding carboxylic acids is 1. The summed E-state index contributed by atoms with van der Waals surface area (Å²) in [7, 11) is 1.81. The molecule has 0 bridgehead atoms. The van der Waals surface area contributed by atoms with Crippen molar-refractivity contribution in [3.05, 3.63) is 48.3 Å². The van der Waals surface area contributed by atoms with Crippen LogP contribution < -0.4 is 14.8 Å². The van der Waals surface area contributed by atoms with Crippen LogP contribution >= 0.6 is 11.8 Å². The van der Waals surface area contributed by atoms with Crippen LogP contribution in [0, 0.1) is 5.82 Å². The highest BCUT2D eigenvalue weighted by Gasteiger charge is 2.21. The average Bonchev–Trinajstić information content (AvgIpc) is 3.29. The second kappa shape index (κ2) is 7.51. The molecule has 1 aliphatic rings. The van der Waals surface area contributed by atoms with Crippen molar-refractivity contribution in [3.63, 3.8) is 0 Å². The molecular formula is C19H17FN4O3S. The minimum atomic E-state index is -0.408. The van der Waals surface area contributed by atoms with Gasteiger partial charge in [-0.1, -0.05) is 11.8 Å². The molecule has 0 unspecified atom stereocenters. The van der Waals surface area contributed by atoms with E-state index in [0.717, 1.165) is 5.56 Å². The lowest BCUT2D eigenvalue weighted by Crippen LogP contribution is -2.22. The van der Waals surface area contributed by atoms with E-state index in [1.165, 1.54) is 23.9 Å². The molecule has 1 aromatic heterocycles. The molecule has 7 nitrogen and oxygen atoms in total. The summed E-state index contributed by atoms with van der Waals surface area (Å²) < 4.78 is 25.5. The fourth-order valence-electron chi connectivity index (χ4n) is 2.70. The van der Waals surface area contributed by atoms with Gasteiger partial charge in [0.05, 0.1) is 5.25 Å². The van der Waals surface area contributed by atoms with Crippen LogP contribution in [0.25, 0.3) is 11.4 Å². The number of anilines is 1. The number of fused-ring (bicyclic) bond motifs is 1. The number of hydrogen-bond acceptors (Lipinski definition) is 6. The molecule has 1 N–H and O–H groups in total. The molecule has 0 fully saturated rings. The van der Waals surface area contributed by atoms with Gasteiger partial charge in [-0.2, -0.15) is 0 Å². The second-order valence-electron chi connectivity index (χ2n) is 6.19. The molecular weight excluding hydrogens is 383 g/mol. The highest BCUT2D eigenvalue weighted by atomic mass is 32.2. The minimum absolute atomic E-state index is 0.171. The zero-order chi connectivity index (χ0) is 19.7. The Morgan fingerprint density at radius 2 is 1.93 bits per heavy atom. The Morgan fingerprint density at radius 3 is 2.71 bits per heavy atom. The maximum atomic E-state index is 13.1. The van der Waals surface area contributed by atoms with Crippen LogP contribution in [0.5, 0.6) is 11.5 Å². The number of rotatable bonds is 5. The Balaban J connectivity index is 1.44. The van der Waals surface area contributed by atoms with Gasteiger partial charge in [0.2, 0.25) is 12.7 Å². The topological polar surface area (TPSA) is 78.3 Å². The van der Waals surface area contributed by atoms with Gasteiger partial charge in [0, 0.05) is 24.4 Å². The molecule has 3 aromatic rings. The van der Waals surface area contributed by atoms with E-state index < -0.39 is 5.25 Å². The Bertz CT molecular complexity index is 1020. The van der Waals surface area contributed by atoms with Crippen molar-refractivity contribution in [2.75, 3.05) is 12.1 Å². The summed E-state index contributed by atoms with van der Waals surface area (Å²) in [4.78, 5) is 12.5. The van der Waals surface area contributed by atoms with Crippen molar-refractivity contribution in [2.24, 2.45) is 7.05 Å². The molecule has 1 amide bonds. The second-order valence-corrected chi connectivity index (χ2v) is 7.50. The molecule has 9 heteroatoms. The molecule has 0 spiro atoms. The van der Waals surface area contributed by atoms with E-state index in [9.17, 15) is 9.18 Å². The minimum Gasteiger partial charge on any atom is -0.454 e. The number of halogens is 1. The molecule has 4 rings (SSSR count). The summed E-state index contributed by atoms with van der Waals surface area (Å²) >= 11 is 1.29. The van der Waals surface area contributed by atoms with Gasteiger partial charge in [0.25, 0.3) is 0 Å². The smallest absolute Gasteiger partial charge is 0.237 e. The third kappa shape index (κ3) is 3.65. The van der Waals surface area contributed by atoms with Crippen molar-refractivity contribution < 1.29 is 18.7 Å². The quantitative estimate of drug-likeness (QED) is 0.661. The van der Waals surface area contributed by atoms with E-state index >= 15 is 0 Å². The first kappa shape index (κ1) is 18.3. The molecule has 28 heavy (non-hydrogen) atoms. The van der Waals surface area contributed by atoms with Gasteiger partial charge in [0.1, 0.15) is 5.82 Å². The van der Waals surface area contributed by atoms with Crippen LogP contribution in [-0.2, 0) is 11.8 Å². The van der Waals surface area contributed by atoms with Crippen molar-refractivity contribution >= 4 is 23.4 Å². The molecule has 0 aliphatic carbocycles. The predicted molar refractivity (Wildman–Crippen MR) is 103 cm³/mol. The SMILES string of the molecule is C[C@H](Sc1nnc(-c2ccc(F)cc2)n1C)C(=O)Nc1ccc2c(c1)OCO2. The number of aromatic nitrogens is 3. The van der Waals surface area contributed by atoms with Gasteiger partial charge in [-0.3, -0.25) is 4.79 Å². The molecule has 2 aromatic carbocycles. The summed E-state index contributed by atoms with van der Waals surface area (Å²) in [6.45, 7) is 1.97. The highest BCUT2D eigenvalue weighted by molar-refractivity contribution is 8.00. The third-order valence-electron chi connectivity index (χ3n) is 4.23. The van der Waals surface area contributed by atoms with Crippen LogP contribution in [-0.4, -0.2) is 32.7 Å². The molecule has 0 radical (unpaired) electrons. The van der Waals surface area contributed by atoms with E-state index in [4.69, 9.17) is 9.47 Å². The van der Waals surface area contributed by atoms with Gasteiger partial charge in [-0.05, 0) is 43.3 Å². The van der Waals surface area contributed by atoms with Crippen molar-refractivity contribution in [2.45, 2.75) is 17.3 Å². The first-order valence-electron chi connectivity index (χ1n) is 8.54. The summed E-state index contributed by atoms with van der Waals surface area (Å²) in [6.07, 6.45) is 0. The molecule has 1 atom stereocenters. The Kier molecular flexibility index (Phi) is 4.91. The van der Waals surface area contributed by atoms with E-state index in [1.54, 1.807) is 41.8 Å². The van der Waals surface area contributed by atoms with Crippen molar-refractivity contribution in [1.29, 1.82) is 0 Å². The Morgan fingerprint density at radius 1 is 1.18 bits per heavy atom. The Labute approximate surface area is 164 Å². The van der Waals surface area contributed by atoms with Crippen LogP contribution in [0.4, 0.5) is 10.1 Å². The van der Waals surface area contributed by atoms with Gasteiger partial charge in [-0.25, -0.2) is 4.39 Å². The van der Waals surface area contributed by atoms with Crippen molar-refractivity contribution in [3.8, 4) is 22.9 Å². The molecule has 0 saturated carbocycles. The van der Waals surface area contributed by atoms with Gasteiger partial charge in [-0.15, -0.1) is 10.2 Å². The maximum absolute atomic E-state index is 13.1. The number of carbonyl (C=O) groups is 1. The standard InChI is InChI=1S/C19H17FN4O3S/c1-11(18(25)21-14-7-8-15-16(9-14)27-10-26-15)28-19-23-22-17(24(19)2)12-3-5-13(20)6-4-12/h3-9,11H,10H2,1-2H3,(H,21,25)/t11-/m0/s1. The van der Waals surface area contributed by atoms with Crippen LogP contribution in [0.2, 0.25) is 0 Å². The monoisotopic (exact) mass is 400 g/mol. The van der Waals surface area contributed by atoms with E-state index in [2.05, 4.69) is 15.5 Å². The van der Waals surface area contributed by atoms with Crippen LogP contribution in [0.3, 0.4) is 0 Å². The maximum Gasteiger partial charge on any atom is 0.237 e. The lowest BCUT2D eigenvalue weighted by molar-refractivity contribution is -0.115. The van der Waals surface area contributed by atoms with E-state index in [0.29, 0.717) is 28.2 Å². The first-order chi connectivity index (χ1) is 13.5. The molecule has 1 aliphatic heterocycles. The van der Waals surface area contributed by atoms with Gasteiger partial charge >= 0.3 is 0 Å². The average molecular weight is 400 g/mol. The summed E-state index contributed by atoms with van der Waals surface area (Å²) in [5.41, 5.74) is 1.38. The zero-order valence-corrected chi connectivity index (χ0v) is 16.0. The third-order valence-corrected chi connectivity index (χ3v) is 5.36. The predicted octanol–water partition coefficient (Wildman–Crippen LogP) is 3.47. The highest BCUT2D eigenvalue weighted by Crippen LogP contribution is 2.34. The van der Waals surface area contributed by atoms with E-state index in [1.807, 2.05) is 7.05 Å². The Hall–Kier alpha value is -3.07. The number of nitrogens with one attached hydrogen (secondary N) is 1. The van der Waals surface area contributed by atoms with Crippen LogP contribution in [0.15, 0.2) is 47.6 Å². The van der Waals surface area contributed by atoms with E-state index in [-0.39, 0.29) is 18.5 Å². The number of thioether (sulfide) groups is 1. The largest absolute Gasteiger partial charge is 0.454 e. The number of nitrogens with zero attached hydrogens (tertiary/aromatic N) is 3. The lowest BCUT2D eigenvalue weighted by atomic mass is 10.2. The molecule has 144 valence electrons. The summed E-state index contributed by atoms with van der Waals surface area (Å²) in [5, 5.41) is 11.4. The number of benzene rings is 2. The van der Waals surface area contributed by atoms with Crippen LogP contribution in [0.1, 0.15) is 6.92 Å². The molecule has 0 saturated heterocycles. The summed E-state index contributed by atoms with van der Waals surface area (Å²) in [5.74, 6) is 1.39. The fourth-order valence-corrected chi connectivity index (χ4v) is 3.51. The fraction of sp³-hybridized carbons (Fsp3) is 0.211. The van der Waals surface area contributed by atoms with Gasteiger partial charge in [0.15, 0.2) is 22.5 Å². The first-order valence-corrected chi connectivity index (χ1v) is 9.42. The number of hydrogen-bond donors (Lipinski definition) is 1. The summed E-state index contributed by atoms with van der Waals surface area (Å²) in [6, 6.07) is 11.3. The van der Waals surface area contributed by atoms with Crippen molar-refractivity contribution in [1.82, 2.24) is 14.8 Å². The van der Waals surface area contributed by atoms with Gasteiger partial charge < -0.3 is 19.4 Å². The lowest BCUT2D eigenvalue weighted by Gasteiger charge is -2.12. The normalized spacial score (nSPS) is 13.4. The molecule has 2 heterocycles. The number of ether oxygens (including phenoxy) is 2.